The number of hydrogen-bond acceptors (Lipinski definition) is 12. The maximum absolute atomic E-state index is 13.7. The van der Waals surface area contributed by atoms with Crippen LogP contribution in [0.25, 0.3) is 0 Å². The molecule has 0 aromatic heterocycles. The normalized spacial score (nSPS) is 31.3. The Bertz CT molecular complexity index is 1110. The van der Waals surface area contributed by atoms with Gasteiger partial charge >= 0.3 is 6.09 Å². The summed E-state index contributed by atoms with van der Waals surface area (Å²) in [6.07, 6.45) is 6.11. The predicted molar refractivity (Wildman–Crippen MR) is 206 cm³/mol. The molecular weight excluding hydrogens is 662 g/mol. The van der Waals surface area contributed by atoms with E-state index in [4.69, 9.17) is 19.2 Å². The van der Waals surface area contributed by atoms with Crippen molar-refractivity contribution in [2.24, 2.45) is 28.2 Å². The lowest BCUT2D eigenvalue weighted by Crippen LogP contribution is -2.65. The van der Waals surface area contributed by atoms with Crippen LogP contribution in [0.3, 0.4) is 0 Å². The van der Waals surface area contributed by atoms with Gasteiger partial charge in [-0.15, -0.1) is 0 Å². The molecule has 4 aliphatic rings. The Labute approximate surface area is 315 Å². The highest BCUT2D eigenvalue weighted by Crippen LogP contribution is 2.33. The van der Waals surface area contributed by atoms with E-state index in [9.17, 15) is 15.0 Å². The van der Waals surface area contributed by atoms with E-state index in [1.54, 1.807) is 12.0 Å². The van der Waals surface area contributed by atoms with E-state index in [0.29, 0.717) is 38.7 Å². The molecule has 0 spiro atoms. The molecule has 52 heavy (non-hydrogen) atoms. The number of likely N-dealkylation sites (tertiary alicyclic amines) is 1. The van der Waals surface area contributed by atoms with Crippen molar-refractivity contribution in [3.63, 3.8) is 0 Å². The number of carbonyl (C=O) groups excluding carboxylic acids is 1. The average molecular weight is 738 g/mol. The number of piperidine rings is 1. The first-order chi connectivity index (χ1) is 24.5. The van der Waals surface area contributed by atoms with E-state index < -0.39 is 18.1 Å². The van der Waals surface area contributed by atoms with Crippen molar-refractivity contribution in [1.29, 1.82) is 0 Å². The lowest BCUT2D eigenvalue weighted by atomic mass is 9.87. The summed E-state index contributed by atoms with van der Waals surface area (Å²) >= 11 is 0. The molecule has 0 aromatic rings. The van der Waals surface area contributed by atoms with Crippen LogP contribution in [0.4, 0.5) is 4.79 Å². The van der Waals surface area contributed by atoms with Crippen molar-refractivity contribution < 1.29 is 29.2 Å². The van der Waals surface area contributed by atoms with Crippen molar-refractivity contribution in [2.75, 3.05) is 73.2 Å². The smallest absolute Gasteiger partial charge is 0.410 e. The molecule has 2 saturated heterocycles. The van der Waals surface area contributed by atoms with Crippen LogP contribution in [0.5, 0.6) is 0 Å². The number of hydrogen-bond donors (Lipinski definition) is 4. The van der Waals surface area contributed by atoms with Gasteiger partial charge in [0.15, 0.2) is 0 Å². The van der Waals surface area contributed by atoms with E-state index in [-0.39, 0.29) is 53.7 Å². The van der Waals surface area contributed by atoms with Crippen LogP contribution in [0.2, 0.25) is 0 Å². The molecule has 3 heterocycles. The van der Waals surface area contributed by atoms with Gasteiger partial charge in [0.05, 0.1) is 18.2 Å². The van der Waals surface area contributed by atoms with Gasteiger partial charge in [0, 0.05) is 90.9 Å². The van der Waals surface area contributed by atoms with Gasteiger partial charge in [0.25, 0.3) is 0 Å². The van der Waals surface area contributed by atoms with Gasteiger partial charge in [-0.05, 0) is 64.3 Å². The molecule has 302 valence electrons. The Morgan fingerprint density at radius 3 is 2.35 bits per heavy atom. The number of rotatable bonds is 14. The fraction of sp³-hybridized carbons (Fsp3) is 0.949. The van der Waals surface area contributed by atoms with Crippen LogP contribution in [0.1, 0.15) is 93.9 Å². The number of carbonyl (C=O) groups is 1. The van der Waals surface area contributed by atoms with Crippen LogP contribution in [-0.2, 0) is 14.2 Å². The van der Waals surface area contributed by atoms with E-state index >= 15 is 0 Å². The molecule has 1 saturated carbocycles. The summed E-state index contributed by atoms with van der Waals surface area (Å²) in [4.78, 5) is 27.3. The first kappa shape index (κ1) is 43.3. The standard InChI is InChI=1S/C39H75N7O6/c1-27(2)24-46(35(48)30-23-41-36(38(3,4)5)42-33(30)40-16-13-21-50-9)29-22-28(25-45(26-29)37(49)52-39(6,7)8)34(47)44-19-17-43(18-20-44)31-14-11-12-15-32(31)51-10/h23,27-36,40,42,47-48H,11-22,24-26H2,1-10H3/t28-,29+,30?,31?,32?,33?,34?,35?,36?/m1/s1. The monoisotopic (exact) mass is 738 g/mol. The van der Waals surface area contributed by atoms with Gasteiger partial charge < -0.3 is 34.6 Å². The van der Waals surface area contributed by atoms with Crippen molar-refractivity contribution in [3.8, 4) is 0 Å². The third kappa shape index (κ3) is 12.0. The van der Waals surface area contributed by atoms with Crippen LogP contribution in [0.15, 0.2) is 4.99 Å². The molecule has 1 amide bonds. The fourth-order valence-corrected chi connectivity index (χ4v) is 8.55. The summed E-state index contributed by atoms with van der Waals surface area (Å²) in [5.74, 6) is -0.306. The van der Waals surface area contributed by atoms with Crippen molar-refractivity contribution in [2.45, 2.75) is 142 Å². The molecule has 1 aliphatic carbocycles. The van der Waals surface area contributed by atoms with Gasteiger partial charge in [-0.25, -0.2) is 4.79 Å². The Morgan fingerprint density at radius 2 is 1.73 bits per heavy atom. The highest BCUT2D eigenvalue weighted by molar-refractivity contribution is 5.68. The van der Waals surface area contributed by atoms with E-state index in [1.807, 2.05) is 34.1 Å². The zero-order chi connectivity index (χ0) is 38.2. The molecule has 3 fully saturated rings. The van der Waals surface area contributed by atoms with E-state index in [2.05, 4.69) is 60.0 Å². The fourth-order valence-electron chi connectivity index (χ4n) is 8.55. The second kappa shape index (κ2) is 19.4. The van der Waals surface area contributed by atoms with Gasteiger partial charge in [-0.3, -0.25) is 25.0 Å². The number of nitrogens with zero attached hydrogens (tertiary/aromatic N) is 5. The molecule has 4 rings (SSSR count). The maximum atomic E-state index is 13.7. The maximum Gasteiger partial charge on any atom is 0.410 e. The van der Waals surface area contributed by atoms with Crippen molar-refractivity contribution >= 4 is 12.3 Å². The summed E-state index contributed by atoms with van der Waals surface area (Å²) in [5, 5.41) is 31.8. The average Bonchev–Trinajstić information content (AvgIpc) is 3.10. The van der Waals surface area contributed by atoms with E-state index in [0.717, 1.165) is 52.0 Å². The van der Waals surface area contributed by atoms with Crippen LogP contribution >= 0.6 is 0 Å². The Balaban J connectivity index is 1.56. The van der Waals surface area contributed by atoms with Crippen LogP contribution in [-0.4, -0.2) is 164 Å². The summed E-state index contributed by atoms with van der Waals surface area (Å²) in [6.45, 7) is 22.5. The molecule has 0 radical (unpaired) electrons. The molecule has 13 nitrogen and oxygen atoms in total. The molecular formula is C39H75N7O6. The van der Waals surface area contributed by atoms with Gasteiger partial charge in [-0.2, -0.15) is 0 Å². The summed E-state index contributed by atoms with van der Waals surface area (Å²) in [7, 11) is 3.54. The number of aliphatic imine (C=N–C) groups is 1. The lowest BCUT2D eigenvalue weighted by molar-refractivity contribution is -0.121. The minimum Gasteiger partial charge on any atom is -0.444 e. The van der Waals surface area contributed by atoms with Crippen LogP contribution in [0, 0.1) is 23.2 Å². The summed E-state index contributed by atoms with van der Waals surface area (Å²) in [5.41, 5.74) is -0.759. The third-order valence-electron chi connectivity index (χ3n) is 11.3. The second-order valence-electron chi connectivity index (χ2n) is 18.2. The first-order valence-electron chi connectivity index (χ1n) is 20.1. The molecule has 4 N–H and O–H groups in total. The molecule has 9 atom stereocenters. The number of ether oxygens (including phenoxy) is 3. The highest BCUT2D eigenvalue weighted by Gasteiger charge is 2.45. The molecule has 3 aliphatic heterocycles. The topological polar surface area (TPSA) is 135 Å². The van der Waals surface area contributed by atoms with Gasteiger partial charge in [0.1, 0.15) is 24.2 Å². The zero-order valence-electron chi connectivity index (χ0n) is 34.2. The molecule has 13 heteroatoms. The quantitative estimate of drug-likeness (QED) is 0.155. The Kier molecular flexibility index (Phi) is 16.2. The second-order valence-corrected chi connectivity index (χ2v) is 18.2. The van der Waals surface area contributed by atoms with Crippen molar-refractivity contribution in [3.05, 3.63) is 0 Å². The highest BCUT2D eigenvalue weighted by atomic mass is 16.6. The Morgan fingerprint density at radius 1 is 1.04 bits per heavy atom. The lowest BCUT2D eigenvalue weighted by Gasteiger charge is -2.50. The van der Waals surface area contributed by atoms with E-state index in [1.165, 1.54) is 12.8 Å². The zero-order valence-corrected chi connectivity index (χ0v) is 34.2. The number of nitrogens with one attached hydrogen (secondary N) is 2. The SMILES string of the molecule is COCCCNC1NC(C(C)(C)C)N=CC1C(O)N(CC(C)C)[C@H]1C[C@@H](C(O)N2CCN(C3CCCCC3OC)CC2)CN(C(=O)OC(C)(C)C)C1. The molecule has 7 unspecified atom stereocenters. The minimum absolute atomic E-state index is 0.106. The van der Waals surface area contributed by atoms with Gasteiger partial charge in [-0.1, -0.05) is 47.5 Å². The van der Waals surface area contributed by atoms with Gasteiger partial charge in [0.2, 0.25) is 0 Å². The number of amides is 1. The number of aliphatic hydroxyl groups is 2. The molecule has 0 bridgehead atoms. The number of piperazine rings is 1. The summed E-state index contributed by atoms with van der Waals surface area (Å²) < 4.78 is 17.1. The largest absolute Gasteiger partial charge is 0.444 e. The molecule has 0 aromatic carbocycles. The van der Waals surface area contributed by atoms with Crippen LogP contribution < -0.4 is 10.6 Å². The number of methoxy groups -OCH3 is 2. The first-order valence-corrected chi connectivity index (χ1v) is 20.1. The Hall–Kier alpha value is -1.42. The summed E-state index contributed by atoms with van der Waals surface area (Å²) in [6, 6.07) is 0.229. The predicted octanol–water partition coefficient (Wildman–Crippen LogP) is 3.40. The third-order valence-corrected chi connectivity index (χ3v) is 11.3. The minimum atomic E-state index is -0.881. The van der Waals surface area contributed by atoms with Crippen molar-refractivity contribution in [1.82, 2.24) is 30.2 Å². The number of aliphatic hydroxyl groups excluding tert-OH is 2.